The van der Waals surface area contributed by atoms with E-state index in [0.29, 0.717) is 16.8 Å². The van der Waals surface area contributed by atoms with E-state index < -0.39 is 10.8 Å². The lowest BCUT2D eigenvalue weighted by Crippen LogP contribution is -2.32. The van der Waals surface area contributed by atoms with E-state index >= 15 is 0 Å². The van der Waals surface area contributed by atoms with Crippen molar-refractivity contribution in [3.8, 4) is 0 Å². The summed E-state index contributed by atoms with van der Waals surface area (Å²) >= 11 is 5.05. The van der Waals surface area contributed by atoms with Crippen molar-refractivity contribution in [1.82, 2.24) is 5.32 Å². The van der Waals surface area contributed by atoms with Crippen LogP contribution in [-0.2, 0) is 4.79 Å². The van der Waals surface area contributed by atoms with E-state index in [2.05, 4.69) is 10.6 Å². The number of Topliss-reactive ketones (excluding diaryl/α,β-unsaturated/α-hetero) is 1. The molecule has 0 bridgehead atoms. The molecule has 2 aromatic carbocycles. The summed E-state index contributed by atoms with van der Waals surface area (Å²) in [7, 11) is 0. The average molecular weight is 369 g/mol. The highest BCUT2D eigenvalue weighted by Gasteiger charge is 2.05. The Hall–Kier alpha value is -3.39. The Morgan fingerprint density at radius 3 is 2.46 bits per heavy atom. The molecule has 0 radical (unpaired) electrons. The summed E-state index contributed by atoms with van der Waals surface area (Å²) in [6.45, 7) is 1.47. The summed E-state index contributed by atoms with van der Waals surface area (Å²) in [5, 5.41) is 16.1. The van der Waals surface area contributed by atoms with Crippen molar-refractivity contribution in [3.05, 3.63) is 75.8 Å². The van der Waals surface area contributed by atoms with Crippen molar-refractivity contribution in [2.45, 2.75) is 6.92 Å². The Morgan fingerprint density at radius 1 is 1.15 bits per heavy atom. The van der Waals surface area contributed by atoms with E-state index in [1.807, 2.05) is 0 Å². The lowest BCUT2D eigenvalue weighted by atomic mass is 10.1. The molecule has 132 valence electrons. The van der Waals surface area contributed by atoms with Crippen molar-refractivity contribution in [3.63, 3.8) is 0 Å². The highest BCUT2D eigenvalue weighted by molar-refractivity contribution is 7.80. The zero-order chi connectivity index (χ0) is 19.1. The van der Waals surface area contributed by atoms with Gasteiger partial charge in [0.1, 0.15) is 0 Å². The Balaban J connectivity index is 1.92. The van der Waals surface area contributed by atoms with Crippen molar-refractivity contribution in [1.29, 1.82) is 0 Å². The summed E-state index contributed by atoms with van der Waals surface area (Å²) in [5.41, 5.74) is 1.67. The number of anilines is 1. The first-order valence-electron chi connectivity index (χ1n) is 7.50. The van der Waals surface area contributed by atoms with Crippen LogP contribution in [0.5, 0.6) is 0 Å². The minimum Gasteiger partial charge on any atom is -0.332 e. The minimum atomic E-state index is -0.506. The molecule has 0 fully saturated rings. The van der Waals surface area contributed by atoms with Crippen LogP contribution >= 0.6 is 12.2 Å². The Morgan fingerprint density at radius 2 is 1.85 bits per heavy atom. The van der Waals surface area contributed by atoms with Crippen LogP contribution in [-0.4, -0.2) is 21.7 Å². The maximum atomic E-state index is 11.9. The predicted molar refractivity (Wildman–Crippen MR) is 103 cm³/mol. The number of nitro groups is 1. The van der Waals surface area contributed by atoms with Crippen molar-refractivity contribution in [2.75, 3.05) is 5.32 Å². The molecule has 0 unspecified atom stereocenters. The second-order valence-electron chi connectivity index (χ2n) is 5.26. The summed E-state index contributed by atoms with van der Waals surface area (Å²) < 4.78 is 0. The summed E-state index contributed by atoms with van der Waals surface area (Å²) in [6.07, 6.45) is 2.68. The topological polar surface area (TPSA) is 101 Å². The number of carbonyl (C=O) groups is 2. The van der Waals surface area contributed by atoms with E-state index in [1.165, 1.54) is 37.3 Å². The normalized spacial score (nSPS) is 10.3. The highest BCUT2D eigenvalue weighted by Crippen LogP contribution is 2.14. The molecule has 2 rings (SSSR count). The lowest BCUT2D eigenvalue weighted by molar-refractivity contribution is -0.384. The molecule has 0 aromatic heterocycles. The number of nitro benzene ring substituents is 1. The summed E-state index contributed by atoms with van der Waals surface area (Å²) in [6, 6.07) is 12.6. The van der Waals surface area contributed by atoms with Crippen LogP contribution in [0.1, 0.15) is 22.8 Å². The van der Waals surface area contributed by atoms with E-state index in [1.54, 1.807) is 30.3 Å². The molecule has 2 aromatic rings. The molecule has 8 heteroatoms. The van der Waals surface area contributed by atoms with Crippen LogP contribution < -0.4 is 10.6 Å². The number of benzene rings is 2. The van der Waals surface area contributed by atoms with Gasteiger partial charge >= 0.3 is 0 Å². The van der Waals surface area contributed by atoms with Crippen LogP contribution in [0.15, 0.2) is 54.6 Å². The molecule has 0 aliphatic rings. The van der Waals surface area contributed by atoms with Gasteiger partial charge in [0.15, 0.2) is 10.9 Å². The van der Waals surface area contributed by atoms with E-state index in [9.17, 15) is 19.7 Å². The molecule has 0 atom stereocenters. The third kappa shape index (κ3) is 5.60. The van der Waals surface area contributed by atoms with Gasteiger partial charge in [0, 0.05) is 29.5 Å². The second kappa shape index (κ2) is 8.63. The number of nitrogens with one attached hydrogen (secondary N) is 2. The second-order valence-corrected chi connectivity index (χ2v) is 5.67. The zero-order valence-corrected chi connectivity index (χ0v) is 14.6. The van der Waals surface area contributed by atoms with Gasteiger partial charge in [0.25, 0.3) is 5.69 Å². The van der Waals surface area contributed by atoms with Crippen LogP contribution in [0.2, 0.25) is 0 Å². The first-order chi connectivity index (χ1) is 12.3. The molecule has 0 spiro atoms. The number of nitrogens with zero attached hydrogens (tertiary/aromatic N) is 1. The van der Waals surface area contributed by atoms with Gasteiger partial charge in [-0.2, -0.15) is 0 Å². The highest BCUT2D eigenvalue weighted by atomic mass is 32.1. The molecular formula is C18H15N3O4S. The Kier molecular flexibility index (Phi) is 6.29. The molecular weight excluding hydrogens is 354 g/mol. The number of hydrogen-bond acceptors (Lipinski definition) is 5. The third-order valence-corrected chi connectivity index (χ3v) is 3.50. The Bertz CT molecular complexity index is 892. The number of ketones is 1. The van der Waals surface area contributed by atoms with Crippen LogP contribution in [0.3, 0.4) is 0 Å². The fourth-order valence-corrected chi connectivity index (χ4v) is 2.24. The number of rotatable bonds is 5. The maximum absolute atomic E-state index is 11.9. The first-order valence-corrected chi connectivity index (χ1v) is 7.91. The quantitative estimate of drug-likeness (QED) is 0.276. The number of carbonyl (C=O) groups excluding carboxylic acids is 2. The molecule has 0 heterocycles. The third-order valence-electron chi connectivity index (χ3n) is 3.29. The Labute approximate surface area is 154 Å². The van der Waals surface area contributed by atoms with Gasteiger partial charge in [-0.1, -0.05) is 12.1 Å². The SMILES string of the molecule is CC(=O)c1ccc(NC(=S)NC(=O)C=Cc2cccc([N+](=O)[O-])c2)cc1. The van der Waals surface area contributed by atoms with Crippen molar-refractivity contribution < 1.29 is 14.5 Å². The van der Waals surface area contributed by atoms with Gasteiger partial charge in [-0.15, -0.1) is 0 Å². The minimum absolute atomic E-state index is 0.0429. The zero-order valence-electron chi connectivity index (χ0n) is 13.8. The molecule has 0 saturated heterocycles. The molecule has 0 saturated carbocycles. The molecule has 7 nitrogen and oxygen atoms in total. The fourth-order valence-electron chi connectivity index (χ4n) is 2.02. The molecule has 26 heavy (non-hydrogen) atoms. The summed E-state index contributed by atoms with van der Waals surface area (Å²) in [5.74, 6) is -0.520. The number of non-ortho nitro benzene ring substituents is 1. The monoisotopic (exact) mass is 369 g/mol. The average Bonchev–Trinajstić information content (AvgIpc) is 2.60. The molecule has 0 aliphatic carbocycles. The fraction of sp³-hybridized carbons (Fsp3) is 0.0556. The largest absolute Gasteiger partial charge is 0.332 e. The van der Waals surface area contributed by atoms with E-state index in [-0.39, 0.29) is 16.6 Å². The van der Waals surface area contributed by atoms with Crippen LogP contribution in [0, 0.1) is 10.1 Å². The van der Waals surface area contributed by atoms with Gasteiger partial charge in [-0.25, -0.2) is 0 Å². The van der Waals surface area contributed by atoms with Gasteiger partial charge in [-0.3, -0.25) is 25.0 Å². The molecule has 1 amide bonds. The van der Waals surface area contributed by atoms with Crippen molar-refractivity contribution >= 4 is 46.5 Å². The van der Waals surface area contributed by atoms with Crippen LogP contribution in [0.4, 0.5) is 11.4 Å². The van der Waals surface area contributed by atoms with Crippen molar-refractivity contribution in [2.24, 2.45) is 0 Å². The first kappa shape index (κ1) is 18.9. The standard InChI is InChI=1S/C18H15N3O4S/c1-12(22)14-6-8-15(9-7-14)19-18(26)20-17(23)10-5-13-3-2-4-16(11-13)21(24)25/h2-11H,1H3,(H2,19,20,23,26). The van der Waals surface area contributed by atoms with Crippen LogP contribution in [0.25, 0.3) is 6.08 Å². The van der Waals surface area contributed by atoms with Gasteiger partial charge in [0.2, 0.25) is 5.91 Å². The van der Waals surface area contributed by atoms with Gasteiger partial charge in [-0.05, 0) is 55.0 Å². The number of amides is 1. The van der Waals surface area contributed by atoms with E-state index in [4.69, 9.17) is 12.2 Å². The van der Waals surface area contributed by atoms with Gasteiger partial charge < -0.3 is 5.32 Å². The number of hydrogen-bond donors (Lipinski definition) is 2. The number of thiocarbonyl (C=S) groups is 1. The van der Waals surface area contributed by atoms with E-state index in [0.717, 1.165) is 0 Å². The summed E-state index contributed by atoms with van der Waals surface area (Å²) in [4.78, 5) is 33.3. The predicted octanol–water partition coefficient (Wildman–Crippen LogP) is 3.32. The molecule has 2 N–H and O–H groups in total. The molecule has 0 aliphatic heterocycles. The smallest absolute Gasteiger partial charge is 0.270 e. The lowest BCUT2D eigenvalue weighted by Gasteiger charge is -2.08. The van der Waals surface area contributed by atoms with Gasteiger partial charge in [0.05, 0.1) is 4.92 Å². The maximum Gasteiger partial charge on any atom is 0.270 e.